The van der Waals surface area contributed by atoms with Gasteiger partial charge in [0.25, 0.3) is 5.91 Å². The number of carbonyl (C=O) groups is 3. The van der Waals surface area contributed by atoms with Gasteiger partial charge in [-0.2, -0.15) is 0 Å². The third kappa shape index (κ3) is 5.48. The first-order valence-corrected chi connectivity index (χ1v) is 8.94. The van der Waals surface area contributed by atoms with E-state index in [0.29, 0.717) is 16.1 Å². The molecular weight excluding hydrogens is 420 g/mol. The zero-order valence-electron chi connectivity index (χ0n) is 15.2. The van der Waals surface area contributed by atoms with Crippen LogP contribution in [0.15, 0.2) is 48.5 Å². The molecule has 0 aliphatic rings. The van der Waals surface area contributed by atoms with Gasteiger partial charge < -0.3 is 15.4 Å². The lowest BCUT2D eigenvalue weighted by Gasteiger charge is -2.08. The molecule has 0 aliphatic carbocycles. The van der Waals surface area contributed by atoms with Gasteiger partial charge in [0.15, 0.2) is 18.2 Å². The summed E-state index contributed by atoms with van der Waals surface area (Å²) >= 11 is 5.81. The predicted octanol–water partition coefficient (Wildman–Crippen LogP) is 3.08. The number of hydrogen-bond acceptors (Lipinski definition) is 5. The predicted molar refractivity (Wildman–Crippen MR) is 105 cm³/mol. The van der Waals surface area contributed by atoms with Crippen molar-refractivity contribution in [1.29, 1.82) is 0 Å². The normalized spacial score (nSPS) is 10.5. The topological polar surface area (TPSA) is 97.4 Å². The van der Waals surface area contributed by atoms with Crippen molar-refractivity contribution in [2.24, 2.45) is 0 Å². The minimum atomic E-state index is -1.11. The second-order valence-electron chi connectivity index (χ2n) is 6.07. The van der Waals surface area contributed by atoms with Crippen molar-refractivity contribution in [2.45, 2.75) is 0 Å². The fourth-order valence-electron chi connectivity index (χ4n) is 2.45. The van der Waals surface area contributed by atoms with Crippen molar-refractivity contribution >= 4 is 46.0 Å². The summed E-state index contributed by atoms with van der Waals surface area (Å²) in [5.41, 5.74) is 0.853. The molecule has 2 amide bonds. The number of amides is 2. The van der Waals surface area contributed by atoms with Gasteiger partial charge >= 0.3 is 5.97 Å². The minimum absolute atomic E-state index is 0.0339. The molecule has 0 fully saturated rings. The van der Waals surface area contributed by atoms with Crippen LogP contribution in [0.1, 0.15) is 10.4 Å². The third-order valence-electron chi connectivity index (χ3n) is 3.87. The molecule has 1 heterocycles. The van der Waals surface area contributed by atoms with Crippen LogP contribution in [0.25, 0.3) is 10.9 Å². The average molecular weight is 434 g/mol. The molecule has 154 valence electrons. The number of fused-ring (bicyclic) bond motifs is 1. The molecule has 2 N–H and O–H groups in total. The number of anilines is 1. The Kier molecular flexibility index (Phi) is 6.53. The van der Waals surface area contributed by atoms with Crippen molar-refractivity contribution in [3.8, 4) is 0 Å². The molecule has 3 rings (SSSR count). The fourth-order valence-corrected chi connectivity index (χ4v) is 2.61. The number of nitrogens with zero attached hydrogens (tertiary/aromatic N) is 1. The van der Waals surface area contributed by atoms with Crippen LogP contribution in [-0.4, -0.2) is 35.9 Å². The molecule has 0 bridgehead atoms. The van der Waals surface area contributed by atoms with Gasteiger partial charge in [-0.3, -0.25) is 9.59 Å². The summed E-state index contributed by atoms with van der Waals surface area (Å²) < 4.78 is 30.9. The summed E-state index contributed by atoms with van der Waals surface area (Å²) in [4.78, 5) is 39.7. The van der Waals surface area contributed by atoms with Crippen LogP contribution in [-0.2, 0) is 14.3 Å². The average Bonchev–Trinajstić information content (AvgIpc) is 2.72. The molecule has 0 aliphatic heterocycles. The number of pyridine rings is 1. The van der Waals surface area contributed by atoms with Crippen molar-refractivity contribution in [3.05, 3.63) is 70.9 Å². The second-order valence-corrected chi connectivity index (χ2v) is 6.46. The summed E-state index contributed by atoms with van der Waals surface area (Å²) in [5, 5.41) is 5.54. The first-order valence-electron chi connectivity index (χ1n) is 8.57. The number of nitrogens with one attached hydrogen (secondary N) is 2. The highest BCUT2D eigenvalue weighted by Gasteiger charge is 2.13. The quantitative estimate of drug-likeness (QED) is 0.460. The standard InChI is InChI=1S/C20H14ClF2N3O4/c21-17-6-2-11-7-12(1-5-16(11)26-17)20(29)30-10-19(28)24-9-18(27)25-13-3-4-14(22)15(23)8-13/h1-8H,9-10H2,(H,24,28)(H,25,27). The Labute approximate surface area is 174 Å². The largest absolute Gasteiger partial charge is 0.452 e. The van der Waals surface area contributed by atoms with Crippen molar-refractivity contribution in [2.75, 3.05) is 18.5 Å². The number of halogens is 3. The number of aromatic nitrogens is 1. The van der Waals surface area contributed by atoms with Gasteiger partial charge in [0.05, 0.1) is 17.6 Å². The monoisotopic (exact) mass is 433 g/mol. The minimum Gasteiger partial charge on any atom is -0.452 e. The number of benzene rings is 2. The zero-order valence-corrected chi connectivity index (χ0v) is 16.0. The van der Waals surface area contributed by atoms with Gasteiger partial charge in [-0.25, -0.2) is 18.6 Å². The van der Waals surface area contributed by atoms with Crippen LogP contribution in [0.4, 0.5) is 14.5 Å². The van der Waals surface area contributed by atoms with Gasteiger partial charge in [-0.05, 0) is 42.5 Å². The zero-order chi connectivity index (χ0) is 21.7. The number of hydrogen-bond donors (Lipinski definition) is 2. The molecule has 0 saturated carbocycles. The van der Waals surface area contributed by atoms with Gasteiger partial charge in [-0.15, -0.1) is 0 Å². The van der Waals surface area contributed by atoms with E-state index in [4.69, 9.17) is 16.3 Å². The molecule has 0 spiro atoms. The maximum atomic E-state index is 13.1. The van der Waals surface area contributed by atoms with Crippen LogP contribution in [0.2, 0.25) is 5.15 Å². The molecule has 0 saturated heterocycles. The SMILES string of the molecule is O=C(COC(=O)c1ccc2nc(Cl)ccc2c1)NCC(=O)Nc1ccc(F)c(F)c1. The number of rotatable bonds is 6. The van der Waals surface area contributed by atoms with E-state index in [9.17, 15) is 23.2 Å². The second kappa shape index (κ2) is 9.27. The fraction of sp³-hybridized carbons (Fsp3) is 0.100. The Bertz CT molecular complexity index is 1140. The lowest BCUT2D eigenvalue weighted by atomic mass is 10.1. The number of carbonyl (C=O) groups excluding carboxylic acids is 3. The molecule has 0 atom stereocenters. The third-order valence-corrected chi connectivity index (χ3v) is 4.09. The first-order chi connectivity index (χ1) is 14.3. The lowest BCUT2D eigenvalue weighted by Crippen LogP contribution is -2.35. The highest BCUT2D eigenvalue weighted by atomic mass is 35.5. The molecule has 7 nitrogen and oxygen atoms in total. The van der Waals surface area contributed by atoms with E-state index in [0.717, 1.165) is 12.1 Å². The van der Waals surface area contributed by atoms with Gasteiger partial charge in [0.1, 0.15) is 5.15 Å². The van der Waals surface area contributed by atoms with Crippen molar-refractivity contribution in [1.82, 2.24) is 10.3 Å². The maximum Gasteiger partial charge on any atom is 0.338 e. The summed E-state index contributed by atoms with van der Waals surface area (Å²) in [6.45, 7) is -1.05. The van der Waals surface area contributed by atoms with E-state index in [1.54, 1.807) is 24.3 Å². The number of ether oxygens (including phenoxy) is 1. The Hall–Kier alpha value is -3.59. The number of esters is 1. The van der Waals surface area contributed by atoms with Crippen LogP contribution in [0, 0.1) is 11.6 Å². The Balaban J connectivity index is 1.46. The Morgan fingerprint density at radius 1 is 0.967 bits per heavy atom. The molecule has 0 unspecified atom stereocenters. The van der Waals surface area contributed by atoms with Gasteiger partial charge in [0.2, 0.25) is 5.91 Å². The van der Waals surface area contributed by atoms with E-state index in [1.807, 2.05) is 0 Å². The van der Waals surface area contributed by atoms with Gasteiger partial charge in [0, 0.05) is 17.1 Å². The molecule has 2 aromatic carbocycles. The first kappa shape index (κ1) is 21.1. The molecule has 1 aromatic heterocycles. The molecular formula is C20H14ClF2N3O4. The van der Waals surface area contributed by atoms with Crippen LogP contribution >= 0.6 is 11.6 Å². The molecule has 0 radical (unpaired) electrons. The van der Waals surface area contributed by atoms with E-state index < -0.39 is 42.6 Å². The van der Waals surface area contributed by atoms with Crippen LogP contribution in [0.3, 0.4) is 0 Å². The molecule has 10 heteroatoms. The summed E-state index contributed by atoms with van der Waals surface area (Å²) in [5.74, 6) is -4.27. The maximum absolute atomic E-state index is 13.1. The van der Waals surface area contributed by atoms with E-state index in [1.165, 1.54) is 12.1 Å². The van der Waals surface area contributed by atoms with Gasteiger partial charge in [-0.1, -0.05) is 11.6 Å². The van der Waals surface area contributed by atoms with Crippen molar-refractivity contribution < 1.29 is 27.9 Å². The molecule has 3 aromatic rings. The van der Waals surface area contributed by atoms with Crippen LogP contribution < -0.4 is 10.6 Å². The highest BCUT2D eigenvalue weighted by Crippen LogP contribution is 2.17. The van der Waals surface area contributed by atoms with Crippen molar-refractivity contribution in [3.63, 3.8) is 0 Å². The van der Waals surface area contributed by atoms with E-state index in [-0.39, 0.29) is 11.3 Å². The summed E-state index contributed by atoms with van der Waals surface area (Å²) in [6, 6.07) is 10.8. The molecule has 30 heavy (non-hydrogen) atoms. The highest BCUT2D eigenvalue weighted by molar-refractivity contribution is 6.29. The summed E-state index contributed by atoms with van der Waals surface area (Å²) in [7, 11) is 0. The van der Waals surface area contributed by atoms with Crippen LogP contribution in [0.5, 0.6) is 0 Å². The smallest absolute Gasteiger partial charge is 0.338 e. The Morgan fingerprint density at radius 3 is 2.53 bits per heavy atom. The lowest BCUT2D eigenvalue weighted by molar-refractivity contribution is -0.126. The summed E-state index contributed by atoms with van der Waals surface area (Å²) in [6.07, 6.45) is 0. The van der Waals surface area contributed by atoms with E-state index in [2.05, 4.69) is 15.6 Å². The Morgan fingerprint density at radius 2 is 1.77 bits per heavy atom. The van der Waals surface area contributed by atoms with E-state index >= 15 is 0 Å².